The Labute approximate surface area is 175 Å². The van der Waals surface area contributed by atoms with Gasteiger partial charge in [-0.15, -0.1) is 5.10 Å². The van der Waals surface area contributed by atoms with Crippen LogP contribution in [-0.2, 0) is 18.0 Å². The van der Waals surface area contributed by atoms with Gasteiger partial charge in [-0.2, -0.15) is 13.2 Å². The Kier molecular flexibility index (Phi) is 5.47. The number of benzene rings is 2. The van der Waals surface area contributed by atoms with Crippen molar-refractivity contribution in [2.45, 2.75) is 25.1 Å². The van der Waals surface area contributed by atoms with Crippen molar-refractivity contribution < 1.29 is 22.7 Å². The lowest BCUT2D eigenvalue weighted by molar-refractivity contribution is -0.147. The summed E-state index contributed by atoms with van der Waals surface area (Å²) < 4.78 is 46.0. The zero-order valence-corrected chi connectivity index (χ0v) is 16.8. The van der Waals surface area contributed by atoms with Crippen LogP contribution < -0.4 is 10.4 Å². The molecule has 31 heavy (non-hydrogen) atoms. The summed E-state index contributed by atoms with van der Waals surface area (Å²) in [5.41, 5.74) is -0.809. The van der Waals surface area contributed by atoms with Crippen molar-refractivity contribution in [3.05, 3.63) is 58.8 Å². The minimum absolute atomic E-state index is 0.134. The summed E-state index contributed by atoms with van der Waals surface area (Å²) in [7, 11) is 1.05. The fraction of sp³-hybridized carbons (Fsp3) is 0.381. The number of carbonyl (C=O) groups excluding carboxylic acids is 1. The van der Waals surface area contributed by atoms with Crippen LogP contribution in [0.5, 0.6) is 5.75 Å². The van der Waals surface area contributed by atoms with Crippen molar-refractivity contribution in [1.29, 1.82) is 0 Å². The summed E-state index contributed by atoms with van der Waals surface area (Å²) in [5.74, 6) is -0.850. The molecule has 0 saturated carbocycles. The average molecular weight is 434 g/mol. The van der Waals surface area contributed by atoms with E-state index in [0.717, 1.165) is 22.5 Å². The van der Waals surface area contributed by atoms with Crippen LogP contribution in [0.15, 0.2) is 47.3 Å². The highest BCUT2D eigenvalue weighted by Crippen LogP contribution is 2.28. The summed E-state index contributed by atoms with van der Waals surface area (Å²) in [6.07, 6.45) is -4.01. The van der Waals surface area contributed by atoms with Gasteiger partial charge in [0.05, 0.1) is 6.04 Å². The van der Waals surface area contributed by atoms with E-state index in [1.165, 1.54) is 0 Å². The molecule has 1 aliphatic rings. The Hall–Kier alpha value is -3.30. The van der Waals surface area contributed by atoms with E-state index in [1.807, 2.05) is 36.4 Å². The maximum Gasteiger partial charge on any atom is 0.451 e. The van der Waals surface area contributed by atoms with Gasteiger partial charge >= 0.3 is 11.9 Å². The number of amides is 1. The monoisotopic (exact) mass is 434 g/mol. The van der Waals surface area contributed by atoms with Crippen molar-refractivity contribution in [2.24, 2.45) is 7.05 Å². The maximum absolute atomic E-state index is 13.0. The molecule has 164 valence electrons. The number of likely N-dealkylation sites (tertiary alicyclic amines) is 1. The van der Waals surface area contributed by atoms with Crippen LogP contribution in [0.1, 0.15) is 24.7 Å². The number of nitrogens with zero attached hydrogens (tertiary/aromatic N) is 4. The highest BCUT2D eigenvalue weighted by atomic mass is 19.4. The largest absolute Gasteiger partial charge is 0.484 e. The number of rotatable bonds is 4. The normalized spacial score (nSPS) is 15.4. The molecule has 0 atom stereocenters. The Balaban J connectivity index is 1.35. The molecule has 7 nitrogen and oxygen atoms in total. The van der Waals surface area contributed by atoms with Crippen LogP contribution in [0.2, 0.25) is 0 Å². The van der Waals surface area contributed by atoms with Gasteiger partial charge in [-0.05, 0) is 35.7 Å². The van der Waals surface area contributed by atoms with E-state index < -0.39 is 23.7 Å². The number of alkyl halides is 3. The second kappa shape index (κ2) is 8.09. The van der Waals surface area contributed by atoms with E-state index in [1.54, 1.807) is 11.0 Å². The molecule has 0 bridgehead atoms. The van der Waals surface area contributed by atoms with Crippen LogP contribution in [0.25, 0.3) is 10.8 Å². The van der Waals surface area contributed by atoms with Gasteiger partial charge in [0.15, 0.2) is 6.61 Å². The van der Waals surface area contributed by atoms with Gasteiger partial charge in [-0.3, -0.25) is 9.36 Å². The third-order valence-electron chi connectivity index (χ3n) is 5.50. The summed E-state index contributed by atoms with van der Waals surface area (Å²) >= 11 is 0. The number of carbonyl (C=O) groups is 1. The molecule has 1 aromatic heterocycles. The van der Waals surface area contributed by atoms with Crippen molar-refractivity contribution in [3.63, 3.8) is 0 Å². The summed E-state index contributed by atoms with van der Waals surface area (Å²) in [5, 5.41) is 5.57. The molecular weight excluding hydrogens is 413 g/mol. The average Bonchev–Trinajstić information content (AvgIpc) is 3.07. The molecule has 4 rings (SSSR count). The molecular formula is C21H21F3N4O3. The van der Waals surface area contributed by atoms with Crippen molar-refractivity contribution in [3.8, 4) is 5.75 Å². The molecule has 0 radical (unpaired) electrons. The lowest BCUT2D eigenvalue weighted by Crippen LogP contribution is -2.43. The predicted molar refractivity (Wildman–Crippen MR) is 107 cm³/mol. The van der Waals surface area contributed by atoms with E-state index in [0.29, 0.717) is 36.2 Å². The fourth-order valence-electron chi connectivity index (χ4n) is 3.79. The predicted octanol–water partition coefficient (Wildman–Crippen LogP) is 3.00. The fourth-order valence-corrected chi connectivity index (χ4v) is 3.79. The molecule has 1 aliphatic heterocycles. The Morgan fingerprint density at radius 1 is 1.13 bits per heavy atom. The maximum atomic E-state index is 13.0. The first kappa shape index (κ1) is 21.0. The molecule has 2 aromatic carbocycles. The first-order valence-corrected chi connectivity index (χ1v) is 9.86. The lowest BCUT2D eigenvalue weighted by Gasteiger charge is -2.31. The van der Waals surface area contributed by atoms with E-state index in [9.17, 15) is 22.8 Å². The smallest absolute Gasteiger partial charge is 0.451 e. The van der Waals surface area contributed by atoms with Gasteiger partial charge in [0.2, 0.25) is 5.82 Å². The number of hydrogen-bond donors (Lipinski definition) is 0. The SMILES string of the molecule is Cn1c(C(F)(F)F)nn(C2CCN(C(=O)COc3ccc4ccccc4c3)CC2)c1=O. The van der Waals surface area contributed by atoms with E-state index >= 15 is 0 Å². The summed E-state index contributed by atoms with van der Waals surface area (Å²) in [6.45, 7) is 0.495. The van der Waals surface area contributed by atoms with Gasteiger partial charge in [-0.1, -0.05) is 30.3 Å². The Morgan fingerprint density at radius 3 is 2.45 bits per heavy atom. The molecule has 2 heterocycles. The van der Waals surface area contributed by atoms with Crippen LogP contribution in [0.3, 0.4) is 0 Å². The molecule has 0 spiro atoms. The molecule has 1 fully saturated rings. The minimum Gasteiger partial charge on any atom is -0.484 e. The number of fused-ring (bicyclic) bond motifs is 1. The number of aromatic nitrogens is 3. The molecule has 0 unspecified atom stereocenters. The van der Waals surface area contributed by atoms with Crippen molar-refractivity contribution in [2.75, 3.05) is 19.7 Å². The number of halogens is 3. The zero-order valence-electron chi connectivity index (χ0n) is 16.8. The van der Waals surface area contributed by atoms with Crippen molar-refractivity contribution >= 4 is 16.7 Å². The van der Waals surface area contributed by atoms with Crippen LogP contribution in [0.4, 0.5) is 13.2 Å². The number of ether oxygens (including phenoxy) is 1. The highest BCUT2D eigenvalue weighted by Gasteiger charge is 2.39. The zero-order chi connectivity index (χ0) is 22.2. The van der Waals surface area contributed by atoms with Gasteiger partial charge < -0.3 is 9.64 Å². The van der Waals surface area contributed by atoms with Crippen LogP contribution in [0, 0.1) is 0 Å². The van der Waals surface area contributed by atoms with Crippen molar-refractivity contribution in [1.82, 2.24) is 19.2 Å². The molecule has 0 aliphatic carbocycles. The second-order valence-electron chi connectivity index (χ2n) is 7.52. The first-order valence-electron chi connectivity index (χ1n) is 9.86. The number of piperidine rings is 1. The first-order chi connectivity index (χ1) is 14.7. The lowest BCUT2D eigenvalue weighted by atomic mass is 10.1. The third kappa shape index (κ3) is 4.28. The van der Waals surface area contributed by atoms with E-state index in [4.69, 9.17) is 4.74 Å². The molecule has 0 N–H and O–H groups in total. The minimum atomic E-state index is -4.70. The van der Waals surface area contributed by atoms with Crippen LogP contribution >= 0.6 is 0 Å². The van der Waals surface area contributed by atoms with Gasteiger partial charge in [0, 0.05) is 20.1 Å². The highest BCUT2D eigenvalue weighted by molar-refractivity contribution is 5.84. The quantitative estimate of drug-likeness (QED) is 0.633. The van der Waals surface area contributed by atoms with Gasteiger partial charge in [-0.25, -0.2) is 9.48 Å². The molecule has 1 amide bonds. The molecule has 1 saturated heterocycles. The topological polar surface area (TPSA) is 69.4 Å². The number of hydrogen-bond acceptors (Lipinski definition) is 4. The molecule has 10 heteroatoms. The second-order valence-corrected chi connectivity index (χ2v) is 7.52. The Morgan fingerprint density at radius 2 is 1.81 bits per heavy atom. The van der Waals surface area contributed by atoms with Crippen LogP contribution in [-0.4, -0.2) is 44.9 Å². The van der Waals surface area contributed by atoms with Gasteiger partial charge in [0.25, 0.3) is 5.91 Å². The Bertz CT molecular complexity index is 1160. The summed E-state index contributed by atoms with van der Waals surface area (Å²) in [4.78, 5) is 26.3. The standard InChI is InChI=1S/C21H21F3N4O3/c1-26-19(21(22,23)24)25-28(20(26)30)16-8-10-27(11-9-16)18(29)13-31-17-7-6-14-4-2-3-5-15(14)12-17/h2-7,12,16H,8-11,13H2,1H3. The van der Waals surface area contributed by atoms with E-state index in [2.05, 4.69) is 5.10 Å². The molecule has 3 aromatic rings. The third-order valence-corrected chi connectivity index (χ3v) is 5.50. The van der Waals surface area contributed by atoms with Gasteiger partial charge in [0.1, 0.15) is 5.75 Å². The van der Waals surface area contributed by atoms with E-state index in [-0.39, 0.29) is 12.5 Å². The summed E-state index contributed by atoms with van der Waals surface area (Å²) in [6, 6.07) is 12.9.